The van der Waals surface area contributed by atoms with E-state index in [-0.39, 0.29) is 10.8 Å². The van der Waals surface area contributed by atoms with Crippen LogP contribution in [0.15, 0.2) is 16.3 Å². The number of amides is 3. The molecule has 3 rings (SSSR count). The first-order chi connectivity index (χ1) is 9.83. The number of hydrogen-bond acceptors (Lipinski definition) is 5. The Hall–Kier alpha value is -1.16. The molecule has 21 heavy (non-hydrogen) atoms. The van der Waals surface area contributed by atoms with Crippen molar-refractivity contribution in [3.05, 3.63) is 16.5 Å². The number of thiophene rings is 1. The predicted molar refractivity (Wildman–Crippen MR) is 76.7 cm³/mol. The fourth-order valence-electron chi connectivity index (χ4n) is 2.60. The summed E-state index contributed by atoms with van der Waals surface area (Å²) in [7, 11) is -3.71. The standard InChI is InChI=1S/C11H12ClN3O4S2/c12-7-2-3-8(20-7)21(18,19)15-5-1-4-11(6-15)9(16)13-10(17)14-11/h2-3H,1,4-6H2,(H2,13,14,16,17). The number of rotatable bonds is 2. The Morgan fingerprint density at radius 1 is 1.33 bits per heavy atom. The minimum absolute atomic E-state index is 0.0670. The van der Waals surface area contributed by atoms with Gasteiger partial charge in [-0.3, -0.25) is 10.1 Å². The zero-order valence-corrected chi connectivity index (χ0v) is 13.1. The van der Waals surface area contributed by atoms with E-state index in [1.54, 1.807) is 0 Å². The molecule has 2 N–H and O–H groups in total. The number of nitrogens with zero attached hydrogens (tertiary/aromatic N) is 1. The second-order valence-corrected chi connectivity index (χ2v) is 8.87. The first-order valence-electron chi connectivity index (χ1n) is 6.23. The molecular formula is C11H12ClN3O4S2. The molecule has 7 nitrogen and oxygen atoms in total. The highest BCUT2D eigenvalue weighted by Crippen LogP contribution is 2.32. The third-order valence-electron chi connectivity index (χ3n) is 3.61. The van der Waals surface area contributed by atoms with Gasteiger partial charge < -0.3 is 5.32 Å². The number of halogens is 1. The van der Waals surface area contributed by atoms with Gasteiger partial charge in [-0.25, -0.2) is 13.2 Å². The SMILES string of the molecule is O=C1NC(=O)C2(CCCN(S(=O)(=O)c3ccc(Cl)s3)C2)N1. The van der Waals surface area contributed by atoms with Crippen molar-refractivity contribution in [1.82, 2.24) is 14.9 Å². The van der Waals surface area contributed by atoms with Crippen LogP contribution in [0.5, 0.6) is 0 Å². The quantitative estimate of drug-likeness (QED) is 0.771. The summed E-state index contributed by atoms with van der Waals surface area (Å²) in [5.41, 5.74) is -1.16. The molecule has 2 saturated heterocycles. The van der Waals surface area contributed by atoms with E-state index in [4.69, 9.17) is 11.6 Å². The van der Waals surface area contributed by atoms with Crippen LogP contribution in [-0.4, -0.2) is 43.3 Å². The number of nitrogens with one attached hydrogen (secondary N) is 2. The van der Waals surface area contributed by atoms with Crippen molar-refractivity contribution in [2.24, 2.45) is 0 Å². The molecule has 1 atom stereocenters. The molecule has 0 radical (unpaired) electrons. The Kier molecular flexibility index (Phi) is 3.47. The fourth-order valence-corrected chi connectivity index (χ4v) is 5.78. The fraction of sp³-hybridized carbons (Fsp3) is 0.455. The van der Waals surface area contributed by atoms with E-state index < -0.39 is 27.5 Å². The monoisotopic (exact) mass is 349 g/mol. The molecule has 0 aromatic carbocycles. The minimum atomic E-state index is -3.71. The lowest BCUT2D eigenvalue weighted by atomic mass is 9.90. The van der Waals surface area contributed by atoms with Crippen LogP contribution in [0.3, 0.4) is 0 Å². The van der Waals surface area contributed by atoms with Crippen molar-refractivity contribution in [2.45, 2.75) is 22.6 Å². The Morgan fingerprint density at radius 3 is 2.67 bits per heavy atom. The van der Waals surface area contributed by atoms with E-state index in [1.807, 2.05) is 0 Å². The van der Waals surface area contributed by atoms with Gasteiger partial charge in [0.25, 0.3) is 15.9 Å². The molecule has 3 amide bonds. The molecule has 1 spiro atoms. The van der Waals surface area contributed by atoms with Gasteiger partial charge in [-0.05, 0) is 25.0 Å². The highest BCUT2D eigenvalue weighted by Gasteiger charge is 2.50. The van der Waals surface area contributed by atoms with Crippen LogP contribution < -0.4 is 10.6 Å². The number of hydrogen-bond donors (Lipinski definition) is 2. The first-order valence-corrected chi connectivity index (χ1v) is 8.86. The van der Waals surface area contributed by atoms with Crippen molar-refractivity contribution in [1.29, 1.82) is 0 Å². The molecule has 114 valence electrons. The summed E-state index contributed by atoms with van der Waals surface area (Å²) in [4.78, 5) is 23.3. The Morgan fingerprint density at radius 2 is 2.10 bits per heavy atom. The van der Waals surface area contributed by atoms with Gasteiger partial charge >= 0.3 is 6.03 Å². The number of imide groups is 1. The maximum absolute atomic E-state index is 12.6. The van der Waals surface area contributed by atoms with Crippen molar-refractivity contribution in [3.63, 3.8) is 0 Å². The van der Waals surface area contributed by atoms with E-state index in [2.05, 4.69) is 10.6 Å². The van der Waals surface area contributed by atoms with Gasteiger partial charge in [0.1, 0.15) is 9.75 Å². The number of urea groups is 1. The number of carbonyl (C=O) groups excluding carboxylic acids is 2. The van der Waals surface area contributed by atoms with Crippen LogP contribution in [0, 0.1) is 0 Å². The lowest BCUT2D eigenvalue weighted by Gasteiger charge is -2.36. The van der Waals surface area contributed by atoms with Gasteiger partial charge in [0.05, 0.1) is 4.34 Å². The van der Waals surface area contributed by atoms with E-state index >= 15 is 0 Å². The summed E-state index contributed by atoms with van der Waals surface area (Å²) in [5.74, 6) is -0.475. The van der Waals surface area contributed by atoms with Crippen molar-refractivity contribution in [3.8, 4) is 0 Å². The predicted octanol–water partition coefficient (Wildman–Crippen LogP) is 0.764. The molecule has 10 heteroatoms. The van der Waals surface area contributed by atoms with E-state index in [1.165, 1.54) is 16.4 Å². The summed E-state index contributed by atoms with van der Waals surface area (Å²) in [6.07, 6.45) is 0.911. The maximum atomic E-state index is 12.6. The zero-order valence-electron chi connectivity index (χ0n) is 10.8. The number of sulfonamides is 1. The maximum Gasteiger partial charge on any atom is 0.322 e. The molecule has 3 heterocycles. The van der Waals surface area contributed by atoms with Gasteiger partial charge in [-0.2, -0.15) is 4.31 Å². The molecule has 0 aliphatic carbocycles. The van der Waals surface area contributed by atoms with Crippen LogP contribution in [0.2, 0.25) is 4.34 Å². The Bertz CT molecular complexity index is 717. The molecule has 2 aliphatic rings. The van der Waals surface area contributed by atoms with Crippen molar-refractivity contribution in [2.75, 3.05) is 13.1 Å². The summed E-state index contributed by atoms with van der Waals surface area (Å²) < 4.78 is 26.9. The molecule has 1 aromatic rings. The molecular weight excluding hydrogens is 338 g/mol. The van der Waals surface area contributed by atoms with Crippen LogP contribution in [0.4, 0.5) is 4.79 Å². The van der Waals surface area contributed by atoms with Gasteiger partial charge in [-0.15, -0.1) is 11.3 Å². The van der Waals surface area contributed by atoms with Crippen LogP contribution in [-0.2, 0) is 14.8 Å². The molecule has 1 unspecified atom stereocenters. The lowest BCUT2D eigenvalue weighted by Crippen LogP contribution is -2.59. The lowest BCUT2D eigenvalue weighted by molar-refractivity contribution is -0.125. The molecule has 2 fully saturated rings. The van der Waals surface area contributed by atoms with E-state index in [0.29, 0.717) is 23.7 Å². The molecule has 0 saturated carbocycles. The summed E-state index contributed by atoms with van der Waals surface area (Å²) in [6.45, 7) is 0.241. The second-order valence-electron chi connectivity index (χ2n) is 4.99. The smallest absolute Gasteiger partial charge is 0.322 e. The van der Waals surface area contributed by atoms with Crippen molar-refractivity contribution < 1.29 is 18.0 Å². The summed E-state index contributed by atoms with van der Waals surface area (Å²) >= 11 is 6.75. The highest BCUT2D eigenvalue weighted by atomic mass is 35.5. The number of carbonyl (C=O) groups is 2. The largest absolute Gasteiger partial charge is 0.322 e. The molecule has 0 bridgehead atoms. The van der Waals surface area contributed by atoms with Gasteiger partial charge in [0, 0.05) is 13.1 Å². The summed E-state index contributed by atoms with van der Waals surface area (Å²) in [6, 6.07) is 2.37. The second kappa shape index (κ2) is 4.94. The van der Waals surface area contributed by atoms with E-state index in [9.17, 15) is 18.0 Å². The van der Waals surface area contributed by atoms with Crippen LogP contribution in [0.1, 0.15) is 12.8 Å². The van der Waals surface area contributed by atoms with Crippen molar-refractivity contribution >= 4 is 44.9 Å². The Balaban J connectivity index is 1.90. The van der Waals surface area contributed by atoms with Gasteiger partial charge in [-0.1, -0.05) is 11.6 Å². The zero-order chi connectivity index (χ0) is 15.3. The summed E-state index contributed by atoms with van der Waals surface area (Å²) in [5, 5.41) is 4.71. The number of piperidine rings is 1. The third kappa shape index (κ3) is 2.44. The average molecular weight is 350 g/mol. The minimum Gasteiger partial charge on any atom is -0.322 e. The van der Waals surface area contributed by atoms with Gasteiger partial charge in [0.15, 0.2) is 0 Å². The van der Waals surface area contributed by atoms with Crippen LogP contribution in [0.25, 0.3) is 0 Å². The van der Waals surface area contributed by atoms with E-state index in [0.717, 1.165) is 11.3 Å². The Labute approximate surface area is 130 Å². The highest BCUT2D eigenvalue weighted by molar-refractivity contribution is 7.91. The molecule has 1 aromatic heterocycles. The third-order valence-corrected chi connectivity index (χ3v) is 7.16. The van der Waals surface area contributed by atoms with Crippen LogP contribution >= 0.6 is 22.9 Å². The first kappa shape index (κ1) is 14.8. The molecule has 2 aliphatic heterocycles. The topological polar surface area (TPSA) is 95.6 Å². The average Bonchev–Trinajstić information content (AvgIpc) is 2.95. The van der Waals surface area contributed by atoms with Gasteiger partial charge in [0.2, 0.25) is 0 Å². The normalized spacial score (nSPS) is 26.9.